The van der Waals surface area contributed by atoms with Crippen molar-refractivity contribution in [3.8, 4) is 0 Å². The van der Waals surface area contributed by atoms with Gasteiger partial charge in [-0.15, -0.1) is 0 Å². The highest BCUT2D eigenvalue weighted by molar-refractivity contribution is 7.92. The Labute approximate surface area is 117 Å². The van der Waals surface area contributed by atoms with Crippen molar-refractivity contribution < 1.29 is 26.0 Å². The smallest absolute Gasteiger partial charge is 0.264 e. The van der Waals surface area contributed by atoms with Crippen molar-refractivity contribution in [2.24, 2.45) is 0 Å². The zero-order valence-electron chi connectivity index (χ0n) is 10.2. The number of halogens is 4. The number of hydrogen-bond donors (Lipinski definition) is 2. The molecule has 21 heavy (non-hydrogen) atoms. The molecule has 0 bridgehead atoms. The SMILES string of the molecule is Nc1cc(F)cc(F)c1NS(=O)(=O)c1ccc(F)cc1F. The summed E-state index contributed by atoms with van der Waals surface area (Å²) in [6.45, 7) is 0. The molecule has 0 spiro atoms. The molecule has 0 heterocycles. The van der Waals surface area contributed by atoms with Gasteiger partial charge in [-0.1, -0.05) is 0 Å². The number of rotatable bonds is 3. The van der Waals surface area contributed by atoms with E-state index in [1.807, 2.05) is 0 Å². The largest absolute Gasteiger partial charge is 0.397 e. The van der Waals surface area contributed by atoms with E-state index in [2.05, 4.69) is 0 Å². The van der Waals surface area contributed by atoms with Crippen LogP contribution in [-0.4, -0.2) is 8.42 Å². The van der Waals surface area contributed by atoms with Gasteiger partial charge in [0.15, 0.2) is 5.82 Å². The molecule has 2 rings (SSSR count). The lowest BCUT2D eigenvalue weighted by Gasteiger charge is -2.12. The van der Waals surface area contributed by atoms with Gasteiger partial charge >= 0.3 is 0 Å². The quantitative estimate of drug-likeness (QED) is 0.674. The molecular formula is C12H8F4N2O2S. The number of nitrogens with one attached hydrogen (secondary N) is 1. The van der Waals surface area contributed by atoms with Gasteiger partial charge in [-0.25, -0.2) is 26.0 Å². The third kappa shape index (κ3) is 3.07. The highest BCUT2D eigenvalue weighted by Gasteiger charge is 2.22. The summed E-state index contributed by atoms with van der Waals surface area (Å²) in [5, 5.41) is 0. The second kappa shape index (κ2) is 5.24. The van der Waals surface area contributed by atoms with Crippen molar-refractivity contribution in [1.82, 2.24) is 0 Å². The number of benzene rings is 2. The van der Waals surface area contributed by atoms with E-state index in [0.29, 0.717) is 24.3 Å². The lowest BCUT2D eigenvalue weighted by molar-refractivity contribution is 0.550. The van der Waals surface area contributed by atoms with Gasteiger partial charge in [0.25, 0.3) is 10.0 Å². The Morgan fingerprint density at radius 3 is 2.10 bits per heavy atom. The molecule has 0 amide bonds. The summed E-state index contributed by atoms with van der Waals surface area (Å²) >= 11 is 0. The molecule has 112 valence electrons. The zero-order chi connectivity index (χ0) is 15.8. The normalized spacial score (nSPS) is 11.4. The summed E-state index contributed by atoms with van der Waals surface area (Å²) in [5.74, 6) is -4.60. The molecule has 0 fully saturated rings. The van der Waals surface area contributed by atoms with Crippen LogP contribution >= 0.6 is 0 Å². The van der Waals surface area contributed by atoms with E-state index in [0.717, 1.165) is 6.07 Å². The highest BCUT2D eigenvalue weighted by atomic mass is 32.2. The van der Waals surface area contributed by atoms with Crippen LogP contribution in [0.1, 0.15) is 0 Å². The van der Waals surface area contributed by atoms with Crippen molar-refractivity contribution >= 4 is 21.4 Å². The van der Waals surface area contributed by atoms with E-state index in [1.54, 1.807) is 4.72 Å². The third-order valence-electron chi connectivity index (χ3n) is 2.51. The number of anilines is 2. The number of nitrogens with two attached hydrogens (primary N) is 1. The van der Waals surface area contributed by atoms with Crippen molar-refractivity contribution in [2.45, 2.75) is 4.90 Å². The van der Waals surface area contributed by atoms with E-state index >= 15 is 0 Å². The Balaban J connectivity index is 2.47. The van der Waals surface area contributed by atoms with Crippen LogP contribution in [0, 0.1) is 23.3 Å². The van der Waals surface area contributed by atoms with E-state index < -0.39 is 49.6 Å². The summed E-state index contributed by atoms with van der Waals surface area (Å²) in [7, 11) is -4.55. The third-order valence-corrected chi connectivity index (χ3v) is 3.89. The molecule has 9 heteroatoms. The summed E-state index contributed by atoms with van der Waals surface area (Å²) in [4.78, 5) is -0.896. The summed E-state index contributed by atoms with van der Waals surface area (Å²) in [5.41, 5.74) is 4.07. The van der Waals surface area contributed by atoms with Crippen LogP contribution in [0.4, 0.5) is 28.9 Å². The van der Waals surface area contributed by atoms with Gasteiger partial charge in [-0.3, -0.25) is 4.72 Å². The fourth-order valence-corrected chi connectivity index (χ4v) is 2.74. The van der Waals surface area contributed by atoms with Gasteiger partial charge in [0.2, 0.25) is 0 Å². The first kappa shape index (κ1) is 15.1. The average Bonchev–Trinajstić information content (AvgIpc) is 2.33. The van der Waals surface area contributed by atoms with Gasteiger partial charge < -0.3 is 5.73 Å². The van der Waals surface area contributed by atoms with Gasteiger partial charge in [0, 0.05) is 12.1 Å². The van der Waals surface area contributed by atoms with Crippen LogP contribution in [0.5, 0.6) is 0 Å². The molecule has 0 atom stereocenters. The molecule has 0 saturated heterocycles. The fraction of sp³-hybridized carbons (Fsp3) is 0. The molecule has 3 N–H and O–H groups in total. The van der Waals surface area contributed by atoms with Crippen LogP contribution in [-0.2, 0) is 10.0 Å². The minimum Gasteiger partial charge on any atom is -0.397 e. The number of hydrogen-bond acceptors (Lipinski definition) is 3. The monoisotopic (exact) mass is 320 g/mol. The first-order chi connectivity index (χ1) is 9.70. The van der Waals surface area contributed by atoms with Crippen LogP contribution in [0.2, 0.25) is 0 Å². The summed E-state index contributed by atoms with van der Waals surface area (Å²) in [6.07, 6.45) is 0. The van der Waals surface area contributed by atoms with Crippen LogP contribution in [0.25, 0.3) is 0 Å². The predicted octanol–water partition coefficient (Wildman–Crippen LogP) is 2.63. The van der Waals surface area contributed by atoms with Crippen molar-refractivity contribution in [2.75, 3.05) is 10.5 Å². The minimum absolute atomic E-state index is 0.360. The van der Waals surface area contributed by atoms with Crippen LogP contribution in [0.15, 0.2) is 35.2 Å². The van der Waals surface area contributed by atoms with E-state index in [-0.39, 0.29) is 0 Å². The van der Waals surface area contributed by atoms with Gasteiger partial charge in [-0.2, -0.15) is 0 Å². The highest BCUT2D eigenvalue weighted by Crippen LogP contribution is 2.27. The van der Waals surface area contributed by atoms with E-state index in [1.165, 1.54) is 0 Å². The number of nitrogen functional groups attached to an aromatic ring is 1. The summed E-state index contributed by atoms with van der Waals surface area (Å²) < 4.78 is 78.2. The molecule has 0 saturated carbocycles. The van der Waals surface area contributed by atoms with Gasteiger partial charge in [-0.05, 0) is 18.2 Å². The Kier molecular flexibility index (Phi) is 3.77. The molecule has 0 aliphatic carbocycles. The van der Waals surface area contributed by atoms with Gasteiger partial charge in [0.1, 0.15) is 28.0 Å². The molecule has 2 aromatic carbocycles. The predicted molar refractivity (Wildman–Crippen MR) is 67.9 cm³/mol. The molecule has 0 radical (unpaired) electrons. The fourth-order valence-electron chi connectivity index (χ4n) is 1.58. The second-order valence-electron chi connectivity index (χ2n) is 4.03. The Hall–Kier alpha value is -2.29. The molecule has 0 aliphatic rings. The molecule has 0 unspecified atom stereocenters. The molecule has 4 nitrogen and oxygen atoms in total. The first-order valence-corrected chi connectivity index (χ1v) is 6.91. The zero-order valence-corrected chi connectivity index (χ0v) is 11.0. The van der Waals surface area contributed by atoms with E-state index in [9.17, 15) is 26.0 Å². The van der Waals surface area contributed by atoms with Crippen molar-refractivity contribution in [3.63, 3.8) is 0 Å². The Morgan fingerprint density at radius 2 is 1.52 bits per heavy atom. The molecule has 0 aliphatic heterocycles. The van der Waals surface area contributed by atoms with Crippen molar-refractivity contribution in [3.05, 3.63) is 53.6 Å². The van der Waals surface area contributed by atoms with Crippen molar-refractivity contribution in [1.29, 1.82) is 0 Å². The number of sulfonamides is 1. The Morgan fingerprint density at radius 1 is 0.905 bits per heavy atom. The molecular weight excluding hydrogens is 312 g/mol. The van der Waals surface area contributed by atoms with E-state index in [4.69, 9.17) is 5.73 Å². The molecule has 0 aromatic heterocycles. The average molecular weight is 320 g/mol. The van der Waals surface area contributed by atoms with Gasteiger partial charge in [0.05, 0.1) is 5.69 Å². The summed E-state index contributed by atoms with van der Waals surface area (Å²) in [6, 6.07) is 2.86. The molecule has 2 aromatic rings. The van der Waals surface area contributed by atoms with Crippen LogP contribution < -0.4 is 10.5 Å². The maximum Gasteiger partial charge on any atom is 0.264 e. The maximum atomic E-state index is 13.5. The van der Waals surface area contributed by atoms with Crippen LogP contribution in [0.3, 0.4) is 0 Å². The first-order valence-electron chi connectivity index (χ1n) is 5.43. The standard InChI is InChI=1S/C12H8F4N2O2S/c13-6-1-2-11(8(15)3-6)21(19,20)18-12-9(16)4-7(14)5-10(12)17/h1-5,18H,17H2. The lowest BCUT2D eigenvalue weighted by Crippen LogP contribution is -2.17. The second-order valence-corrected chi connectivity index (χ2v) is 5.68. The topological polar surface area (TPSA) is 72.2 Å². The minimum atomic E-state index is -4.55. The maximum absolute atomic E-state index is 13.5. The Bertz CT molecular complexity index is 786. The lowest BCUT2D eigenvalue weighted by atomic mass is 10.2.